The molecule has 1 atom stereocenters. The first-order valence-corrected chi connectivity index (χ1v) is 9.30. The predicted molar refractivity (Wildman–Crippen MR) is 111 cm³/mol. The standard InChI is InChI=1S/C21H21FN6O/c1-13-12-29-9-8-28(13)19-10-16(14-3-6-25-11-17(14)22)15-4-7-26-21(20(15)27-19)18(24)2-5-23/h2-7,10-11,13,23H,8-9,12,24H2,1H3/b18-2-,23-5?/t13-/m1/s1. The smallest absolute Gasteiger partial charge is 0.149 e. The first kappa shape index (κ1) is 18.9. The van der Waals surface area contributed by atoms with E-state index in [-0.39, 0.29) is 6.04 Å². The summed E-state index contributed by atoms with van der Waals surface area (Å²) in [5, 5.41) is 8.04. The molecule has 1 saturated heterocycles. The number of ether oxygens (including phenoxy) is 1. The van der Waals surface area contributed by atoms with Gasteiger partial charge in [-0.3, -0.25) is 9.97 Å². The molecule has 1 aliphatic rings. The molecule has 4 rings (SSSR count). The van der Waals surface area contributed by atoms with Crippen LogP contribution in [-0.4, -0.2) is 47.0 Å². The van der Waals surface area contributed by atoms with E-state index in [9.17, 15) is 4.39 Å². The maximum atomic E-state index is 14.6. The normalized spacial score (nSPS) is 17.5. The number of rotatable bonds is 4. The molecule has 3 aromatic rings. The lowest BCUT2D eigenvalue weighted by Gasteiger charge is -2.34. The summed E-state index contributed by atoms with van der Waals surface area (Å²) in [5.74, 6) is 0.291. The summed E-state index contributed by atoms with van der Waals surface area (Å²) in [6.45, 7) is 3.93. The topological polar surface area (TPSA) is 101 Å². The molecule has 0 aromatic carbocycles. The second-order valence-corrected chi connectivity index (χ2v) is 6.85. The monoisotopic (exact) mass is 392 g/mol. The molecule has 29 heavy (non-hydrogen) atoms. The summed E-state index contributed by atoms with van der Waals surface area (Å²) < 4.78 is 20.2. The Hall–Kier alpha value is -3.39. The Morgan fingerprint density at radius 1 is 1.34 bits per heavy atom. The van der Waals surface area contributed by atoms with Crippen LogP contribution >= 0.6 is 0 Å². The van der Waals surface area contributed by atoms with Crippen LogP contribution in [0, 0.1) is 11.2 Å². The Morgan fingerprint density at radius 3 is 2.97 bits per heavy atom. The molecule has 1 fully saturated rings. The second-order valence-electron chi connectivity index (χ2n) is 6.85. The third kappa shape index (κ3) is 3.54. The fourth-order valence-electron chi connectivity index (χ4n) is 3.55. The average Bonchev–Trinajstić information content (AvgIpc) is 2.73. The van der Waals surface area contributed by atoms with E-state index in [4.69, 9.17) is 20.9 Å². The highest BCUT2D eigenvalue weighted by Gasteiger charge is 2.23. The number of hydrogen-bond acceptors (Lipinski definition) is 7. The molecule has 0 saturated carbocycles. The highest BCUT2D eigenvalue weighted by Crippen LogP contribution is 2.35. The van der Waals surface area contributed by atoms with Crippen LogP contribution in [0.2, 0.25) is 0 Å². The van der Waals surface area contributed by atoms with Gasteiger partial charge in [0, 0.05) is 36.1 Å². The lowest BCUT2D eigenvalue weighted by molar-refractivity contribution is 0.0986. The predicted octanol–water partition coefficient (Wildman–Crippen LogP) is 3.01. The van der Waals surface area contributed by atoms with Crippen molar-refractivity contribution in [1.82, 2.24) is 15.0 Å². The summed E-state index contributed by atoms with van der Waals surface area (Å²) >= 11 is 0. The molecule has 0 unspecified atom stereocenters. The van der Waals surface area contributed by atoms with Crippen molar-refractivity contribution in [2.75, 3.05) is 24.7 Å². The van der Waals surface area contributed by atoms with E-state index in [1.54, 1.807) is 24.5 Å². The number of morpholine rings is 1. The minimum absolute atomic E-state index is 0.124. The van der Waals surface area contributed by atoms with Crippen molar-refractivity contribution in [2.24, 2.45) is 5.73 Å². The minimum atomic E-state index is -0.414. The summed E-state index contributed by atoms with van der Waals surface area (Å²) in [4.78, 5) is 15.2. The number of nitrogens with one attached hydrogen (secondary N) is 1. The molecule has 8 heteroatoms. The van der Waals surface area contributed by atoms with Crippen molar-refractivity contribution in [2.45, 2.75) is 13.0 Å². The second kappa shape index (κ2) is 7.92. The van der Waals surface area contributed by atoms with Gasteiger partial charge >= 0.3 is 0 Å². The quantitative estimate of drug-likeness (QED) is 0.662. The lowest BCUT2D eigenvalue weighted by Crippen LogP contribution is -2.44. The van der Waals surface area contributed by atoms with Gasteiger partial charge in [-0.2, -0.15) is 0 Å². The van der Waals surface area contributed by atoms with Gasteiger partial charge in [-0.15, -0.1) is 0 Å². The van der Waals surface area contributed by atoms with Gasteiger partial charge in [0.25, 0.3) is 0 Å². The van der Waals surface area contributed by atoms with E-state index >= 15 is 0 Å². The molecule has 0 amide bonds. The van der Waals surface area contributed by atoms with E-state index in [1.807, 2.05) is 6.07 Å². The lowest BCUT2D eigenvalue weighted by atomic mass is 10.0. The molecular formula is C21H21FN6O. The van der Waals surface area contributed by atoms with Crippen LogP contribution in [0.25, 0.3) is 27.7 Å². The van der Waals surface area contributed by atoms with Crippen molar-refractivity contribution in [1.29, 1.82) is 5.41 Å². The summed E-state index contributed by atoms with van der Waals surface area (Å²) in [6.07, 6.45) is 6.94. The molecular weight excluding hydrogens is 371 g/mol. The highest BCUT2D eigenvalue weighted by molar-refractivity contribution is 6.01. The van der Waals surface area contributed by atoms with Crippen LogP contribution in [0.3, 0.4) is 0 Å². The Bertz CT molecular complexity index is 1100. The van der Waals surface area contributed by atoms with Crippen LogP contribution in [0.4, 0.5) is 10.2 Å². The van der Waals surface area contributed by atoms with Crippen LogP contribution in [0.15, 0.2) is 42.9 Å². The number of fused-ring (bicyclic) bond motifs is 1. The highest BCUT2D eigenvalue weighted by atomic mass is 19.1. The SMILES string of the molecule is C[C@@H]1COCCN1c1cc(-c2ccncc2F)c2ccnc(/C(N)=C/C=N)c2n1. The zero-order valence-electron chi connectivity index (χ0n) is 16.0. The van der Waals surface area contributed by atoms with Crippen molar-refractivity contribution in [3.05, 3.63) is 54.4 Å². The van der Waals surface area contributed by atoms with E-state index in [2.05, 4.69) is 21.8 Å². The number of pyridine rings is 3. The molecule has 7 nitrogen and oxygen atoms in total. The Labute approximate surface area is 167 Å². The maximum absolute atomic E-state index is 14.6. The minimum Gasteiger partial charge on any atom is -0.397 e. The third-order valence-corrected chi connectivity index (χ3v) is 4.98. The molecule has 3 aromatic heterocycles. The first-order valence-electron chi connectivity index (χ1n) is 9.30. The zero-order chi connectivity index (χ0) is 20.4. The average molecular weight is 392 g/mol. The molecule has 148 valence electrons. The molecule has 0 radical (unpaired) electrons. The van der Waals surface area contributed by atoms with Gasteiger partial charge < -0.3 is 20.8 Å². The summed E-state index contributed by atoms with van der Waals surface area (Å²) in [6, 6.07) is 5.46. The number of anilines is 1. The van der Waals surface area contributed by atoms with Crippen molar-refractivity contribution < 1.29 is 9.13 Å². The van der Waals surface area contributed by atoms with Crippen LogP contribution in [-0.2, 0) is 4.74 Å². The summed E-state index contributed by atoms with van der Waals surface area (Å²) in [5.41, 5.74) is 8.61. The number of allylic oxidation sites excluding steroid dienone is 1. The maximum Gasteiger partial charge on any atom is 0.149 e. The van der Waals surface area contributed by atoms with Crippen LogP contribution in [0.1, 0.15) is 12.6 Å². The number of hydrogen-bond donors (Lipinski definition) is 2. The largest absolute Gasteiger partial charge is 0.397 e. The van der Waals surface area contributed by atoms with E-state index in [0.717, 1.165) is 11.6 Å². The van der Waals surface area contributed by atoms with Gasteiger partial charge in [0.2, 0.25) is 0 Å². The van der Waals surface area contributed by atoms with Gasteiger partial charge in [-0.25, -0.2) is 9.37 Å². The Kier molecular flexibility index (Phi) is 5.18. The molecule has 0 aliphatic carbocycles. The zero-order valence-corrected chi connectivity index (χ0v) is 16.0. The first-order chi connectivity index (χ1) is 14.1. The molecule has 1 aliphatic heterocycles. The summed E-state index contributed by atoms with van der Waals surface area (Å²) in [7, 11) is 0. The molecule has 3 N–H and O–H groups in total. The van der Waals surface area contributed by atoms with E-state index in [1.165, 1.54) is 12.3 Å². The number of nitrogens with two attached hydrogens (primary N) is 1. The number of nitrogens with zero attached hydrogens (tertiary/aromatic N) is 4. The van der Waals surface area contributed by atoms with Crippen LogP contribution in [0.5, 0.6) is 0 Å². The van der Waals surface area contributed by atoms with Crippen molar-refractivity contribution >= 4 is 28.6 Å². The number of aromatic nitrogens is 3. The fourth-order valence-corrected chi connectivity index (χ4v) is 3.55. The molecule has 0 spiro atoms. The van der Waals surface area contributed by atoms with E-state index in [0.29, 0.717) is 53.6 Å². The van der Waals surface area contributed by atoms with Crippen LogP contribution < -0.4 is 10.6 Å². The Morgan fingerprint density at radius 2 is 2.21 bits per heavy atom. The molecule has 4 heterocycles. The third-order valence-electron chi connectivity index (χ3n) is 4.98. The van der Waals surface area contributed by atoms with Gasteiger partial charge in [0.15, 0.2) is 0 Å². The van der Waals surface area contributed by atoms with Gasteiger partial charge in [-0.1, -0.05) is 0 Å². The van der Waals surface area contributed by atoms with Crippen molar-refractivity contribution in [3.63, 3.8) is 0 Å². The van der Waals surface area contributed by atoms with Gasteiger partial charge in [0.1, 0.15) is 22.8 Å². The van der Waals surface area contributed by atoms with Gasteiger partial charge in [-0.05, 0) is 36.8 Å². The van der Waals surface area contributed by atoms with Crippen molar-refractivity contribution in [3.8, 4) is 11.1 Å². The van der Waals surface area contributed by atoms with Gasteiger partial charge in [0.05, 0.1) is 31.1 Å². The Balaban J connectivity index is 2.02. The van der Waals surface area contributed by atoms with E-state index < -0.39 is 5.82 Å². The number of halogens is 1. The molecule has 0 bridgehead atoms. The fraction of sp³-hybridized carbons (Fsp3) is 0.238.